The van der Waals surface area contributed by atoms with Crippen LogP contribution in [0.3, 0.4) is 0 Å². The molecule has 1 aromatic rings. The van der Waals surface area contributed by atoms with Crippen molar-refractivity contribution in [1.82, 2.24) is 4.90 Å². The fraction of sp³-hybridized carbons (Fsp3) is 0.417. The maximum atomic E-state index is 8.78. The number of hydrogen-bond donors (Lipinski definition) is 1. The van der Waals surface area contributed by atoms with Crippen LogP contribution in [0.5, 0.6) is 0 Å². The summed E-state index contributed by atoms with van der Waals surface area (Å²) in [5.41, 5.74) is 2.20. The van der Waals surface area contributed by atoms with E-state index in [9.17, 15) is 0 Å². The van der Waals surface area contributed by atoms with Crippen LogP contribution in [0.4, 0.5) is 0 Å². The molecule has 0 amide bonds. The Bertz CT molecular complexity index is 348. The third kappa shape index (κ3) is 2.18. The smallest absolute Gasteiger partial charge is 0.0752 e. The van der Waals surface area contributed by atoms with E-state index in [2.05, 4.69) is 41.2 Å². The lowest BCUT2D eigenvalue weighted by atomic mass is 10.2. The van der Waals surface area contributed by atoms with Crippen molar-refractivity contribution in [2.75, 3.05) is 6.54 Å². The molecule has 3 heteroatoms. The number of hydrogen-bond acceptors (Lipinski definition) is 3. The van der Waals surface area contributed by atoms with Crippen molar-refractivity contribution >= 4 is 5.71 Å². The summed E-state index contributed by atoms with van der Waals surface area (Å²) in [6.45, 7) is 4.00. The molecule has 0 radical (unpaired) electrons. The Hall–Kier alpha value is -1.35. The lowest BCUT2D eigenvalue weighted by Gasteiger charge is -2.20. The number of oxime groups is 1. The lowest BCUT2D eigenvalue weighted by Crippen LogP contribution is -2.29. The Labute approximate surface area is 90.0 Å². The van der Waals surface area contributed by atoms with Gasteiger partial charge in [-0.15, -0.1) is 0 Å². The van der Waals surface area contributed by atoms with Crippen LogP contribution >= 0.6 is 0 Å². The lowest BCUT2D eigenvalue weighted by molar-refractivity contribution is 0.275. The molecule has 0 bridgehead atoms. The molecule has 15 heavy (non-hydrogen) atoms. The van der Waals surface area contributed by atoms with Gasteiger partial charge in [0, 0.05) is 25.6 Å². The van der Waals surface area contributed by atoms with Crippen LogP contribution in [0.2, 0.25) is 0 Å². The van der Waals surface area contributed by atoms with Gasteiger partial charge in [-0.25, -0.2) is 0 Å². The van der Waals surface area contributed by atoms with Crippen molar-refractivity contribution in [3.8, 4) is 0 Å². The molecule has 1 aliphatic heterocycles. The van der Waals surface area contributed by atoms with Gasteiger partial charge in [0.25, 0.3) is 0 Å². The third-order valence-corrected chi connectivity index (χ3v) is 3.04. The van der Waals surface area contributed by atoms with Gasteiger partial charge in [-0.2, -0.15) is 0 Å². The molecule has 0 aliphatic carbocycles. The Morgan fingerprint density at radius 1 is 1.40 bits per heavy atom. The van der Waals surface area contributed by atoms with Crippen LogP contribution in [-0.4, -0.2) is 28.4 Å². The first-order valence-corrected chi connectivity index (χ1v) is 5.30. The summed E-state index contributed by atoms with van der Waals surface area (Å²) in [6.07, 6.45) is 0.879. The Morgan fingerprint density at radius 2 is 2.13 bits per heavy atom. The van der Waals surface area contributed by atoms with Gasteiger partial charge < -0.3 is 5.21 Å². The zero-order valence-corrected chi connectivity index (χ0v) is 8.93. The van der Waals surface area contributed by atoms with Gasteiger partial charge in [-0.05, 0) is 12.5 Å². The van der Waals surface area contributed by atoms with Crippen LogP contribution in [0.15, 0.2) is 35.5 Å². The third-order valence-electron chi connectivity index (χ3n) is 3.04. The Balaban J connectivity index is 2.03. The van der Waals surface area contributed by atoms with Gasteiger partial charge >= 0.3 is 0 Å². The molecule has 2 rings (SSSR count). The SMILES string of the molecule is CC1/C(=N/O)CCN1Cc1ccccc1. The second-order valence-corrected chi connectivity index (χ2v) is 3.97. The number of nitrogens with zero attached hydrogens (tertiary/aromatic N) is 2. The largest absolute Gasteiger partial charge is 0.411 e. The molecule has 1 heterocycles. The van der Waals surface area contributed by atoms with Crippen LogP contribution in [0.1, 0.15) is 18.9 Å². The Morgan fingerprint density at radius 3 is 2.73 bits per heavy atom. The summed E-state index contributed by atoms with van der Waals surface area (Å²) in [4.78, 5) is 2.32. The number of likely N-dealkylation sites (tertiary alicyclic amines) is 1. The highest BCUT2D eigenvalue weighted by molar-refractivity contribution is 5.90. The van der Waals surface area contributed by atoms with E-state index in [-0.39, 0.29) is 6.04 Å². The van der Waals surface area contributed by atoms with Crippen LogP contribution < -0.4 is 0 Å². The zero-order valence-electron chi connectivity index (χ0n) is 8.93. The molecular weight excluding hydrogens is 188 g/mol. The fourth-order valence-electron chi connectivity index (χ4n) is 2.04. The standard InChI is InChI=1S/C12H16N2O/c1-10-12(13-15)7-8-14(10)9-11-5-3-2-4-6-11/h2-6,10,15H,7-9H2,1H3/b13-12+. The first-order chi connectivity index (χ1) is 7.31. The van der Waals surface area contributed by atoms with Gasteiger partial charge in [-0.3, -0.25) is 4.90 Å². The molecule has 1 saturated heterocycles. The molecule has 1 aliphatic rings. The average Bonchev–Trinajstić information content (AvgIpc) is 2.62. The van der Waals surface area contributed by atoms with Crippen molar-refractivity contribution in [2.24, 2.45) is 5.16 Å². The van der Waals surface area contributed by atoms with Crippen LogP contribution in [0, 0.1) is 0 Å². The molecule has 0 aromatic heterocycles. The summed E-state index contributed by atoms with van der Waals surface area (Å²) in [5, 5.41) is 12.1. The van der Waals surface area contributed by atoms with Crippen molar-refractivity contribution in [3.63, 3.8) is 0 Å². The second-order valence-electron chi connectivity index (χ2n) is 3.97. The molecule has 0 spiro atoms. The summed E-state index contributed by atoms with van der Waals surface area (Å²) in [7, 11) is 0. The van der Waals surface area contributed by atoms with Gasteiger partial charge in [0.1, 0.15) is 0 Å². The maximum Gasteiger partial charge on any atom is 0.0752 e. The molecule has 1 unspecified atom stereocenters. The topological polar surface area (TPSA) is 35.8 Å². The first kappa shape index (κ1) is 10.2. The monoisotopic (exact) mass is 204 g/mol. The molecule has 0 saturated carbocycles. The minimum Gasteiger partial charge on any atom is -0.411 e. The van der Waals surface area contributed by atoms with E-state index < -0.39 is 0 Å². The highest BCUT2D eigenvalue weighted by Crippen LogP contribution is 2.17. The highest BCUT2D eigenvalue weighted by atomic mass is 16.4. The molecule has 1 N–H and O–H groups in total. The van der Waals surface area contributed by atoms with Crippen LogP contribution in [-0.2, 0) is 6.54 Å². The zero-order chi connectivity index (χ0) is 10.7. The summed E-state index contributed by atoms with van der Waals surface area (Å²) >= 11 is 0. The minimum atomic E-state index is 0.259. The van der Waals surface area contributed by atoms with E-state index in [4.69, 9.17) is 5.21 Å². The van der Waals surface area contributed by atoms with E-state index >= 15 is 0 Å². The van der Waals surface area contributed by atoms with E-state index in [1.807, 2.05) is 6.07 Å². The minimum absolute atomic E-state index is 0.259. The van der Waals surface area contributed by atoms with Gasteiger partial charge in [0.05, 0.1) is 5.71 Å². The molecular formula is C12H16N2O. The van der Waals surface area contributed by atoms with Gasteiger partial charge in [0.2, 0.25) is 0 Å². The van der Waals surface area contributed by atoms with Crippen LogP contribution in [0.25, 0.3) is 0 Å². The predicted molar refractivity (Wildman–Crippen MR) is 60.2 cm³/mol. The number of benzene rings is 1. The summed E-state index contributed by atoms with van der Waals surface area (Å²) in [5.74, 6) is 0. The highest BCUT2D eigenvalue weighted by Gasteiger charge is 2.26. The quantitative estimate of drug-likeness (QED) is 0.591. The molecule has 1 aromatic carbocycles. The maximum absolute atomic E-state index is 8.78. The van der Waals surface area contributed by atoms with Crippen molar-refractivity contribution in [2.45, 2.75) is 25.9 Å². The number of rotatable bonds is 2. The second kappa shape index (κ2) is 4.45. The van der Waals surface area contributed by atoms with E-state index in [1.165, 1.54) is 5.56 Å². The van der Waals surface area contributed by atoms with Crippen molar-refractivity contribution < 1.29 is 5.21 Å². The normalized spacial score (nSPS) is 24.9. The van der Waals surface area contributed by atoms with Gasteiger partial charge in [-0.1, -0.05) is 35.5 Å². The van der Waals surface area contributed by atoms with E-state index in [0.29, 0.717) is 0 Å². The van der Waals surface area contributed by atoms with E-state index in [0.717, 1.165) is 25.2 Å². The predicted octanol–water partition coefficient (Wildman–Crippen LogP) is 2.11. The molecule has 80 valence electrons. The molecule has 1 fully saturated rings. The molecule has 1 atom stereocenters. The molecule has 3 nitrogen and oxygen atoms in total. The van der Waals surface area contributed by atoms with Gasteiger partial charge in [0.15, 0.2) is 0 Å². The average molecular weight is 204 g/mol. The van der Waals surface area contributed by atoms with E-state index in [1.54, 1.807) is 0 Å². The first-order valence-electron chi connectivity index (χ1n) is 5.30. The summed E-state index contributed by atoms with van der Waals surface area (Å²) < 4.78 is 0. The summed E-state index contributed by atoms with van der Waals surface area (Å²) in [6, 6.07) is 10.6. The Kier molecular flexibility index (Phi) is 3.02. The van der Waals surface area contributed by atoms with Crippen molar-refractivity contribution in [3.05, 3.63) is 35.9 Å². The fourth-order valence-corrected chi connectivity index (χ4v) is 2.04. The van der Waals surface area contributed by atoms with Crippen molar-refractivity contribution in [1.29, 1.82) is 0 Å².